The number of hydrogen-bond donors (Lipinski definition) is 0. The molecule has 2 nitrogen and oxygen atoms in total. The topological polar surface area (TPSA) is 26.0 Å². The molecule has 1 saturated carbocycles. The van der Waals surface area contributed by atoms with Crippen LogP contribution in [-0.4, -0.2) is 4.98 Å². The van der Waals surface area contributed by atoms with E-state index in [9.17, 15) is 0 Å². The van der Waals surface area contributed by atoms with Crippen LogP contribution < -0.4 is 0 Å². The molecule has 100 valence electrons. The molecule has 0 N–H and O–H groups in total. The quantitative estimate of drug-likeness (QED) is 0.639. The Bertz CT molecular complexity index is 724. The summed E-state index contributed by atoms with van der Waals surface area (Å²) >= 11 is 0. The van der Waals surface area contributed by atoms with Crippen molar-refractivity contribution >= 4 is 11.0 Å². The van der Waals surface area contributed by atoms with Crippen LogP contribution in [0.3, 0.4) is 0 Å². The third kappa shape index (κ3) is 1.83. The molecule has 2 heteroatoms. The van der Waals surface area contributed by atoms with Crippen molar-refractivity contribution in [1.29, 1.82) is 0 Å². The summed E-state index contributed by atoms with van der Waals surface area (Å²) in [7, 11) is 0. The number of rotatable bonds is 2. The van der Waals surface area contributed by atoms with E-state index in [0.29, 0.717) is 5.92 Å². The summed E-state index contributed by atoms with van der Waals surface area (Å²) in [6.45, 7) is 0. The monoisotopic (exact) mass is 263 g/mol. The molecule has 0 aliphatic heterocycles. The van der Waals surface area contributed by atoms with Crippen molar-refractivity contribution in [1.82, 2.24) is 4.98 Å². The van der Waals surface area contributed by atoms with Crippen molar-refractivity contribution in [2.24, 2.45) is 0 Å². The standard InChI is InChI=1S/C18H17NO/c1-2-8-13(7-1)17-14-9-3-4-11-16(14)20-18(17)15-10-5-6-12-19-15/h3-6,9-13H,1-2,7-8H2. The molecule has 0 spiro atoms. The molecule has 0 unspecified atom stereocenters. The number of benzene rings is 1. The van der Waals surface area contributed by atoms with Gasteiger partial charge in [0.05, 0.1) is 0 Å². The highest BCUT2D eigenvalue weighted by molar-refractivity contribution is 5.88. The first kappa shape index (κ1) is 11.7. The molecule has 0 saturated heterocycles. The van der Waals surface area contributed by atoms with Crippen molar-refractivity contribution in [2.75, 3.05) is 0 Å². The fourth-order valence-electron chi connectivity index (χ4n) is 3.37. The third-order valence-corrected chi connectivity index (χ3v) is 4.29. The van der Waals surface area contributed by atoms with Gasteiger partial charge >= 0.3 is 0 Å². The molecular formula is C18H17NO. The maximum atomic E-state index is 6.14. The second kappa shape index (κ2) is 4.78. The minimum Gasteiger partial charge on any atom is -0.454 e. The molecule has 1 aliphatic rings. The van der Waals surface area contributed by atoms with Crippen LogP contribution in [0.1, 0.15) is 37.2 Å². The number of nitrogens with zero attached hydrogens (tertiary/aromatic N) is 1. The van der Waals surface area contributed by atoms with Gasteiger partial charge in [0.2, 0.25) is 0 Å². The van der Waals surface area contributed by atoms with Gasteiger partial charge in [0.25, 0.3) is 0 Å². The number of fused-ring (bicyclic) bond motifs is 1. The zero-order chi connectivity index (χ0) is 13.4. The van der Waals surface area contributed by atoms with Crippen LogP contribution in [0.25, 0.3) is 22.4 Å². The van der Waals surface area contributed by atoms with Crippen LogP contribution >= 0.6 is 0 Å². The fraction of sp³-hybridized carbons (Fsp3) is 0.278. The largest absolute Gasteiger partial charge is 0.454 e. The lowest BCUT2D eigenvalue weighted by atomic mass is 9.93. The number of furan rings is 1. The Kier molecular flexibility index (Phi) is 2.80. The third-order valence-electron chi connectivity index (χ3n) is 4.29. The van der Waals surface area contributed by atoms with E-state index in [2.05, 4.69) is 23.2 Å². The lowest BCUT2D eigenvalue weighted by Crippen LogP contribution is -1.94. The lowest BCUT2D eigenvalue weighted by molar-refractivity contribution is 0.613. The molecule has 1 fully saturated rings. The van der Waals surface area contributed by atoms with Crippen molar-refractivity contribution in [3.63, 3.8) is 0 Å². The molecule has 1 aromatic carbocycles. The molecule has 0 radical (unpaired) electrons. The molecule has 0 amide bonds. The molecule has 2 heterocycles. The van der Waals surface area contributed by atoms with E-state index in [1.807, 2.05) is 30.5 Å². The molecule has 0 bridgehead atoms. The van der Waals surface area contributed by atoms with Crippen molar-refractivity contribution in [3.05, 3.63) is 54.2 Å². The number of pyridine rings is 1. The van der Waals surface area contributed by atoms with Crippen molar-refractivity contribution < 1.29 is 4.42 Å². The molecule has 0 atom stereocenters. The lowest BCUT2D eigenvalue weighted by Gasteiger charge is -2.09. The van der Waals surface area contributed by atoms with Crippen LogP contribution in [0.2, 0.25) is 0 Å². The van der Waals surface area contributed by atoms with Crippen LogP contribution in [0, 0.1) is 0 Å². The second-order valence-electron chi connectivity index (χ2n) is 5.54. The van der Waals surface area contributed by atoms with Gasteiger partial charge in [-0.05, 0) is 37.0 Å². The van der Waals surface area contributed by atoms with Gasteiger partial charge < -0.3 is 4.42 Å². The maximum absolute atomic E-state index is 6.14. The van der Waals surface area contributed by atoms with E-state index in [-0.39, 0.29) is 0 Å². The van der Waals surface area contributed by atoms with E-state index >= 15 is 0 Å². The highest BCUT2D eigenvalue weighted by Gasteiger charge is 2.26. The Morgan fingerprint density at radius 1 is 0.950 bits per heavy atom. The minimum atomic E-state index is 0.621. The van der Waals surface area contributed by atoms with Gasteiger partial charge in [-0.3, -0.25) is 4.98 Å². The van der Waals surface area contributed by atoms with E-state index in [1.54, 1.807) is 0 Å². The zero-order valence-corrected chi connectivity index (χ0v) is 11.4. The fourth-order valence-corrected chi connectivity index (χ4v) is 3.37. The van der Waals surface area contributed by atoms with Gasteiger partial charge in [0.15, 0.2) is 5.76 Å². The zero-order valence-electron chi connectivity index (χ0n) is 11.4. The summed E-state index contributed by atoms with van der Waals surface area (Å²) in [5.41, 5.74) is 3.30. The predicted molar refractivity (Wildman–Crippen MR) is 80.7 cm³/mol. The first-order valence-electron chi connectivity index (χ1n) is 7.36. The van der Waals surface area contributed by atoms with E-state index in [1.165, 1.54) is 36.6 Å². The average molecular weight is 263 g/mol. The highest BCUT2D eigenvalue weighted by atomic mass is 16.3. The highest BCUT2D eigenvalue weighted by Crippen LogP contribution is 2.44. The van der Waals surface area contributed by atoms with Gasteiger partial charge in [-0.2, -0.15) is 0 Å². The summed E-state index contributed by atoms with van der Waals surface area (Å²) in [6.07, 6.45) is 7.02. The van der Waals surface area contributed by atoms with Crippen LogP contribution in [-0.2, 0) is 0 Å². The number of hydrogen-bond acceptors (Lipinski definition) is 2. The van der Waals surface area contributed by atoms with E-state index in [0.717, 1.165) is 17.0 Å². The molecule has 3 aromatic rings. The summed E-state index contributed by atoms with van der Waals surface area (Å²) in [6, 6.07) is 14.4. The summed E-state index contributed by atoms with van der Waals surface area (Å²) in [5.74, 6) is 1.59. The SMILES string of the molecule is c1ccc(-c2oc3ccccc3c2C2CCCC2)nc1. The van der Waals surface area contributed by atoms with Gasteiger partial charge in [-0.15, -0.1) is 0 Å². The molecule has 2 aromatic heterocycles. The molecule has 4 rings (SSSR count). The van der Waals surface area contributed by atoms with Gasteiger partial charge in [0.1, 0.15) is 11.3 Å². The summed E-state index contributed by atoms with van der Waals surface area (Å²) < 4.78 is 6.14. The second-order valence-corrected chi connectivity index (χ2v) is 5.54. The van der Waals surface area contributed by atoms with Crippen LogP contribution in [0.15, 0.2) is 53.1 Å². The Hall–Kier alpha value is -2.09. The maximum Gasteiger partial charge on any atom is 0.157 e. The average Bonchev–Trinajstić information content (AvgIpc) is 3.14. The van der Waals surface area contributed by atoms with Crippen molar-refractivity contribution in [3.8, 4) is 11.5 Å². The summed E-state index contributed by atoms with van der Waals surface area (Å²) in [4.78, 5) is 4.48. The normalized spacial score (nSPS) is 16.0. The summed E-state index contributed by atoms with van der Waals surface area (Å²) in [5, 5.41) is 1.26. The first-order valence-corrected chi connectivity index (χ1v) is 7.36. The first-order chi connectivity index (χ1) is 9.93. The van der Waals surface area contributed by atoms with Gasteiger partial charge in [-0.25, -0.2) is 0 Å². The van der Waals surface area contributed by atoms with Crippen molar-refractivity contribution in [2.45, 2.75) is 31.6 Å². The number of aromatic nitrogens is 1. The smallest absolute Gasteiger partial charge is 0.157 e. The molecule has 1 aliphatic carbocycles. The van der Waals surface area contributed by atoms with Crippen LogP contribution in [0.5, 0.6) is 0 Å². The van der Waals surface area contributed by atoms with Gasteiger partial charge in [0, 0.05) is 17.1 Å². The molecule has 20 heavy (non-hydrogen) atoms. The number of para-hydroxylation sites is 1. The minimum absolute atomic E-state index is 0.621. The van der Waals surface area contributed by atoms with Gasteiger partial charge in [-0.1, -0.05) is 37.1 Å². The Balaban J connectivity index is 1.97. The Labute approximate surface area is 118 Å². The molecular weight excluding hydrogens is 246 g/mol. The van der Waals surface area contributed by atoms with Crippen LogP contribution in [0.4, 0.5) is 0 Å². The Morgan fingerprint density at radius 2 is 1.75 bits per heavy atom. The predicted octanol–water partition coefficient (Wildman–Crippen LogP) is 5.15. The van der Waals surface area contributed by atoms with E-state index in [4.69, 9.17) is 4.42 Å². The Morgan fingerprint density at radius 3 is 2.55 bits per heavy atom. The van der Waals surface area contributed by atoms with E-state index < -0.39 is 0 Å².